The average Bonchev–Trinajstić information content (AvgIpc) is 2.23. The van der Waals surface area contributed by atoms with Gasteiger partial charge < -0.3 is 5.32 Å². The van der Waals surface area contributed by atoms with Crippen LogP contribution in [-0.4, -0.2) is 28.6 Å². The molecule has 0 spiro atoms. The molecule has 4 nitrogen and oxygen atoms in total. The first-order valence-electron chi connectivity index (χ1n) is 4.67. The Bertz CT molecular complexity index is 514. The highest BCUT2D eigenvalue weighted by molar-refractivity contribution is 9.10. The minimum Gasteiger partial charge on any atom is -0.318 e. The van der Waals surface area contributed by atoms with Crippen molar-refractivity contribution < 1.29 is 17.2 Å². The summed E-state index contributed by atoms with van der Waals surface area (Å²) in [6.45, 7) is 0.524. The minimum atomic E-state index is -3.96. The normalized spacial score (nSPS) is 11.1. The van der Waals surface area contributed by atoms with E-state index in [1.165, 1.54) is 0 Å². The molecule has 0 amide bonds. The monoisotopic (exact) mass is 364 g/mol. The van der Waals surface area contributed by atoms with Crippen LogP contribution in [0.25, 0.3) is 0 Å². The number of rotatable bonds is 5. The summed E-state index contributed by atoms with van der Waals surface area (Å²) in [6, 6.07) is 1.42. The SMILES string of the molecule is CNCCNS(=O)(=O)c1cc(Br)c(F)cc1F.Cl. The van der Waals surface area contributed by atoms with Gasteiger partial charge in [0.25, 0.3) is 0 Å². The molecule has 1 aromatic carbocycles. The van der Waals surface area contributed by atoms with E-state index in [2.05, 4.69) is 26.0 Å². The van der Waals surface area contributed by atoms with E-state index in [0.29, 0.717) is 12.6 Å². The molecule has 0 aliphatic carbocycles. The van der Waals surface area contributed by atoms with Crippen LogP contribution in [0.3, 0.4) is 0 Å². The summed E-state index contributed by atoms with van der Waals surface area (Å²) in [6.07, 6.45) is 0. The summed E-state index contributed by atoms with van der Waals surface area (Å²) >= 11 is 2.81. The number of likely N-dealkylation sites (N-methyl/N-ethyl adjacent to an activating group) is 1. The lowest BCUT2D eigenvalue weighted by Gasteiger charge is -2.08. The fourth-order valence-corrected chi connectivity index (χ4v) is 2.71. The Kier molecular flexibility index (Phi) is 7.23. The van der Waals surface area contributed by atoms with Gasteiger partial charge in [0.05, 0.1) is 4.47 Å². The summed E-state index contributed by atoms with van der Waals surface area (Å²) in [4.78, 5) is -0.582. The number of sulfonamides is 1. The summed E-state index contributed by atoms with van der Waals surface area (Å²) in [5, 5.41) is 2.74. The Labute approximate surface area is 119 Å². The molecule has 0 saturated heterocycles. The third-order valence-electron chi connectivity index (χ3n) is 1.93. The first-order chi connectivity index (χ1) is 7.88. The zero-order chi connectivity index (χ0) is 13.1. The van der Waals surface area contributed by atoms with Gasteiger partial charge in [-0.1, -0.05) is 0 Å². The molecular weight excluding hydrogens is 354 g/mol. The van der Waals surface area contributed by atoms with Crippen molar-refractivity contribution in [3.63, 3.8) is 0 Å². The van der Waals surface area contributed by atoms with E-state index in [1.807, 2.05) is 0 Å². The quantitative estimate of drug-likeness (QED) is 0.616. The highest BCUT2D eigenvalue weighted by Crippen LogP contribution is 2.23. The first-order valence-corrected chi connectivity index (χ1v) is 6.95. The molecule has 0 saturated carbocycles. The van der Waals surface area contributed by atoms with Gasteiger partial charge in [-0.2, -0.15) is 0 Å². The third kappa shape index (κ3) is 4.43. The third-order valence-corrected chi connectivity index (χ3v) is 4.02. The van der Waals surface area contributed by atoms with Gasteiger partial charge in [0, 0.05) is 19.2 Å². The molecule has 0 unspecified atom stereocenters. The topological polar surface area (TPSA) is 58.2 Å². The maximum atomic E-state index is 13.3. The van der Waals surface area contributed by atoms with E-state index >= 15 is 0 Å². The Morgan fingerprint density at radius 1 is 1.22 bits per heavy atom. The summed E-state index contributed by atoms with van der Waals surface area (Å²) < 4.78 is 51.7. The predicted molar refractivity (Wildman–Crippen MR) is 70.4 cm³/mol. The molecule has 0 radical (unpaired) electrons. The Morgan fingerprint density at radius 3 is 2.39 bits per heavy atom. The second kappa shape index (κ2) is 7.34. The molecule has 0 heterocycles. The van der Waals surface area contributed by atoms with Gasteiger partial charge >= 0.3 is 0 Å². The van der Waals surface area contributed by atoms with Gasteiger partial charge in [-0.15, -0.1) is 12.4 Å². The molecule has 18 heavy (non-hydrogen) atoms. The van der Waals surface area contributed by atoms with Crippen LogP contribution in [0.4, 0.5) is 8.78 Å². The number of halogens is 4. The van der Waals surface area contributed by atoms with Gasteiger partial charge in [-0.3, -0.25) is 0 Å². The molecule has 0 atom stereocenters. The van der Waals surface area contributed by atoms with E-state index in [9.17, 15) is 17.2 Å². The highest BCUT2D eigenvalue weighted by Gasteiger charge is 2.20. The van der Waals surface area contributed by atoms with E-state index in [-0.39, 0.29) is 23.4 Å². The van der Waals surface area contributed by atoms with E-state index in [1.54, 1.807) is 7.05 Å². The largest absolute Gasteiger partial charge is 0.318 e. The molecular formula is C9H12BrClF2N2O2S. The van der Waals surface area contributed by atoms with Crippen LogP contribution < -0.4 is 10.0 Å². The lowest BCUT2D eigenvalue weighted by Crippen LogP contribution is -2.31. The van der Waals surface area contributed by atoms with Gasteiger partial charge in [0.1, 0.15) is 16.5 Å². The fourth-order valence-electron chi connectivity index (χ4n) is 1.10. The van der Waals surface area contributed by atoms with Crippen LogP contribution >= 0.6 is 28.3 Å². The summed E-state index contributed by atoms with van der Waals surface area (Å²) in [5.74, 6) is -1.97. The molecule has 1 rings (SSSR count). The van der Waals surface area contributed by atoms with Crippen LogP contribution in [-0.2, 0) is 10.0 Å². The van der Waals surface area contributed by atoms with E-state index in [4.69, 9.17) is 0 Å². The second-order valence-electron chi connectivity index (χ2n) is 3.20. The lowest BCUT2D eigenvalue weighted by atomic mass is 10.3. The van der Waals surface area contributed by atoms with Crippen LogP contribution in [0.2, 0.25) is 0 Å². The van der Waals surface area contributed by atoms with Crippen molar-refractivity contribution in [1.82, 2.24) is 10.0 Å². The van der Waals surface area contributed by atoms with Crippen molar-refractivity contribution in [2.45, 2.75) is 4.90 Å². The van der Waals surface area contributed by atoms with Crippen LogP contribution in [0.15, 0.2) is 21.5 Å². The summed E-state index contributed by atoms with van der Waals surface area (Å²) in [5.41, 5.74) is 0. The highest BCUT2D eigenvalue weighted by atomic mass is 79.9. The van der Waals surface area contributed by atoms with Gasteiger partial charge in [-0.05, 0) is 29.0 Å². The number of benzene rings is 1. The molecule has 0 aliphatic rings. The van der Waals surface area contributed by atoms with Crippen molar-refractivity contribution >= 4 is 38.4 Å². The van der Waals surface area contributed by atoms with E-state index < -0.39 is 26.6 Å². The van der Waals surface area contributed by atoms with Crippen molar-refractivity contribution in [3.05, 3.63) is 28.2 Å². The zero-order valence-corrected chi connectivity index (χ0v) is 12.6. The smallest absolute Gasteiger partial charge is 0.243 e. The van der Waals surface area contributed by atoms with Crippen molar-refractivity contribution in [2.75, 3.05) is 20.1 Å². The molecule has 9 heteroatoms. The fraction of sp³-hybridized carbons (Fsp3) is 0.333. The van der Waals surface area contributed by atoms with Crippen molar-refractivity contribution in [1.29, 1.82) is 0 Å². The number of nitrogens with one attached hydrogen (secondary N) is 2. The molecule has 104 valence electrons. The number of hydrogen-bond acceptors (Lipinski definition) is 3. The molecule has 0 fully saturated rings. The standard InChI is InChI=1S/C9H11BrF2N2O2S.ClH/c1-13-2-3-14-17(15,16)9-4-6(10)7(11)5-8(9)12;/h4-5,13-14H,2-3H2,1H3;1H. The van der Waals surface area contributed by atoms with E-state index in [0.717, 1.165) is 6.07 Å². The summed E-state index contributed by atoms with van der Waals surface area (Å²) in [7, 11) is -2.31. The van der Waals surface area contributed by atoms with Crippen LogP contribution in [0.5, 0.6) is 0 Å². The van der Waals surface area contributed by atoms with Gasteiger partial charge in [-0.25, -0.2) is 21.9 Å². The first kappa shape index (κ1) is 17.7. The average molecular weight is 366 g/mol. The van der Waals surface area contributed by atoms with Crippen LogP contribution in [0, 0.1) is 11.6 Å². The lowest BCUT2D eigenvalue weighted by molar-refractivity contribution is 0.540. The Morgan fingerprint density at radius 2 is 1.83 bits per heavy atom. The molecule has 0 aliphatic heterocycles. The zero-order valence-electron chi connectivity index (χ0n) is 9.34. The minimum absolute atomic E-state index is 0. The predicted octanol–water partition coefficient (Wildman–Crippen LogP) is 1.65. The molecule has 1 aromatic rings. The van der Waals surface area contributed by atoms with Crippen molar-refractivity contribution in [2.24, 2.45) is 0 Å². The Balaban J connectivity index is 0.00000289. The second-order valence-corrected chi connectivity index (χ2v) is 5.79. The number of hydrogen-bond donors (Lipinski definition) is 2. The van der Waals surface area contributed by atoms with Crippen LogP contribution in [0.1, 0.15) is 0 Å². The van der Waals surface area contributed by atoms with Gasteiger partial charge in [0.2, 0.25) is 10.0 Å². The maximum absolute atomic E-state index is 13.3. The molecule has 0 aromatic heterocycles. The van der Waals surface area contributed by atoms with Crippen molar-refractivity contribution in [3.8, 4) is 0 Å². The maximum Gasteiger partial charge on any atom is 0.243 e. The Hall–Kier alpha value is -0.280. The molecule has 0 bridgehead atoms. The molecule has 2 N–H and O–H groups in total. The van der Waals surface area contributed by atoms with Gasteiger partial charge in [0.15, 0.2) is 0 Å².